The molecule has 0 bridgehead atoms. The number of anilines is 1. The Morgan fingerprint density at radius 1 is 1.25 bits per heavy atom. The first-order valence-electron chi connectivity index (χ1n) is 7.46. The summed E-state index contributed by atoms with van der Waals surface area (Å²) in [6, 6.07) is 10.8. The molecule has 0 unspecified atom stereocenters. The Morgan fingerprint density at radius 2 is 2.12 bits per heavy atom. The maximum absolute atomic E-state index is 12.3. The van der Waals surface area contributed by atoms with Crippen LogP contribution in [-0.4, -0.2) is 27.7 Å². The Kier molecular flexibility index (Phi) is 4.81. The second kappa shape index (κ2) is 7.18. The molecule has 0 radical (unpaired) electrons. The second-order valence-corrected chi connectivity index (χ2v) is 6.04. The summed E-state index contributed by atoms with van der Waals surface area (Å²) in [4.78, 5) is 16.7. The number of thiazole rings is 1. The Bertz CT molecular complexity index is 846. The SMILES string of the molecule is CCOc1ccc(C(=O)Nc2cccc(-c3csc(C)n3)c2)nn1. The van der Waals surface area contributed by atoms with E-state index in [1.807, 2.05) is 43.5 Å². The van der Waals surface area contributed by atoms with Gasteiger partial charge in [0, 0.05) is 22.7 Å². The van der Waals surface area contributed by atoms with E-state index >= 15 is 0 Å². The summed E-state index contributed by atoms with van der Waals surface area (Å²) in [5, 5.41) is 13.6. The third-order valence-electron chi connectivity index (χ3n) is 3.20. The molecule has 3 rings (SSSR count). The number of carbonyl (C=O) groups is 1. The van der Waals surface area contributed by atoms with Gasteiger partial charge in [-0.1, -0.05) is 12.1 Å². The highest BCUT2D eigenvalue weighted by Crippen LogP contribution is 2.24. The van der Waals surface area contributed by atoms with E-state index in [0.29, 0.717) is 18.2 Å². The number of hydrogen-bond donors (Lipinski definition) is 1. The van der Waals surface area contributed by atoms with Gasteiger partial charge in [-0.15, -0.1) is 21.5 Å². The summed E-state index contributed by atoms with van der Waals surface area (Å²) in [5.41, 5.74) is 2.76. The molecule has 0 saturated carbocycles. The zero-order valence-electron chi connectivity index (χ0n) is 13.3. The van der Waals surface area contributed by atoms with Gasteiger partial charge in [-0.2, -0.15) is 0 Å². The van der Waals surface area contributed by atoms with Crippen LogP contribution in [0.1, 0.15) is 22.4 Å². The van der Waals surface area contributed by atoms with Gasteiger partial charge in [0.25, 0.3) is 5.91 Å². The van der Waals surface area contributed by atoms with Gasteiger partial charge in [0.1, 0.15) is 0 Å². The predicted octanol–water partition coefficient (Wildman–Crippen LogP) is 3.56. The highest BCUT2D eigenvalue weighted by molar-refractivity contribution is 7.09. The van der Waals surface area contributed by atoms with Crippen molar-refractivity contribution >= 4 is 22.9 Å². The number of rotatable bonds is 5. The van der Waals surface area contributed by atoms with E-state index in [1.54, 1.807) is 23.5 Å². The molecule has 0 atom stereocenters. The molecule has 2 heterocycles. The van der Waals surface area contributed by atoms with Crippen molar-refractivity contribution < 1.29 is 9.53 Å². The molecule has 0 aliphatic heterocycles. The molecular formula is C17H16N4O2S. The van der Waals surface area contributed by atoms with Crippen molar-refractivity contribution in [3.63, 3.8) is 0 Å². The van der Waals surface area contributed by atoms with E-state index in [0.717, 1.165) is 16.3 Å². The van der Waals surface area contributed by atoms with Gasteiger partial charge in [-0.25, -0.2) is 4.98 Å². The van der Waals surface area contributed by atoms with Crippen LogP contribution < -0.4 is 10.1 Å². The molecule has 0 spiro atoms. The minimum Gasteiger partial charge on any atom is -0.477 e. The smallest absolute Gasteiger partial charge is 0.276 e. The summed E-state index contributed by atoms with van der Waals surface area (Å²) in [7, 11) is 0. The van der Waals surface area contributed by atoms with Crippen molar-refractivity contribution in [3.8, 4) is 17.1 Å². The van der Waals surface area contributed by atoms with E-state index in [2.05, 4.69) is 20.5 Å². The number of carbonyl (C=O) groups excluding carboxylic acids is 1. The van der Waals surface area contributed by atoms with Crippen molar-refractivity contribution in [2.45, 2.75) is 13.8 Å². The lowest BCUT2D eigenvalue weighted by Gasteiger charge is -2.06. The fourth-order valence-corrected chi connectivity index (χ4v) is 2.74. The third-order valence-corrected chi connectivity index (χ3v) is 3.97. The van der Waals surface area contributed by atoms with Crippen LogP contribution in [0.2, 0.25) is 0 Å². The van der Waals surface area contributed by atoms with Crippen molar-refractivity contribution in [2.75, 3.05) is 11.9 Å². The largest absolute Gasteiger partial charge is 0.477 e. The van der Waals surface area contributed by atoms with Gasteiger partial charge in [0.2, 0.25) is 5.88 Å². The molecule has 1 N–H and O–H groups in total. The lowest BCUT2D eigenvalue weighted by Crippen LogP contribution is -2.14. The molecular weight excluding hydrogens is 324 g/mol. The quantitative estimate of drug-likeness (QED) is 0.768. The lowest BCUT2D eigenvalue weighted by atomic mass is 10.1. The number of nitrogens with one attached hydrogen (secondary N) is 1. The number of hydrogen-bond acceptors (Lipinski definition) is 6. The zero-order chi connectivity index (χ0) is 16.9. The number of aromatic nitrogens is 3. The van der Waals surface area contributed by atoms with Gasteiger partial charge in [0.05, 0.1) is 17.3 Å². The van der Waals surface area contributed by atoms with Crippen molar-refractivity contribution in [2.24, 2.45) is 0 Å². The monoisotopic (exact) mass is 340 g/mol. The number of ether oxygens (including phenoxy) is 1. The number of amides is 1. The molecule has 1 amide bonds. The topological polar surface area (TPSA) is 77.0 Å². The average Bonchev–Trinajstić information content (AvgIpc) is 3.03. The van der Waals surface area contributed by atoms with Crippen LogP contribution in [0.3, 0.4) is 0 Å². The molecule has 2 aromatic heterocycles. The molecule has 1 aromatic carbocycles. The highest BCUT2D eigenvalue weighted by Gasteiger charge is 2.10. The minimum atomic E-state index is -0.322. The van der Waals surface area contributed by atoms with Gasteiger partial charge in [0.15, 0.2) is 5.69 Å². The fraction of sp³-hybridized carbons (Fsp3) is 0.176. The van der Waals surface area contributed by atoms with E-state index in [1.165, 1.54) is 0 Å². The lowest BCUT2D eigenvalue weighted by molar-refractivity contribution is 0.102. The second-order valence-electron chi connectivity index (χ2n) is 4.98. The molecule has 0 aliphatic carbocycles. The van der Waals surface area contributed by atoms with E-state index in [4.69, 9.17) is 4.74 Å². The fourth-order valence-electron chi connectivity index (χ4n) is 2.11. The molecule has 0 fully saturated rings. The molecule has 24 heavy (non-hydrogen) atoms. The molecule has 0 aliphatic rings. The van der Waals surface area contributed by atoms with Crippen LogP contribution in [0.25, 0.3) is 11.3 Å². The number of aryl methyl sites for hydroxylation is 1. The van der Waals surface area contributed by atoms with E-state index in [9.17, 15) is 4.79 Å². The first-order valence-corrected chi connectivity index (χ1v) is 8.34. The Morgan fingerprint density at radius 3 is 2.79 bits per heavy atom. The minimum absolute atomic E-state index is 0.230. The Hall–Kier alpha value is -2.80. The molecule has 3 aromatic rings. The molecule has 7 heteroatoms. The summed E-state index contributed by atoms with van der Waals surface area (Å²) in [5.74, 6) is 0.0760. The molecule has 122 valence electrons. The predicted molar refractivity (Wildman–Crippen MR) is 93.4 cm³/mol. The highest BCUT2D eigenvalue weighted by atomic mass is 32.1. The number of nitrogens with zero attached hydrogens (tertiary/aromatic N) is 3. The normalized spacial score (nSPS) is 10.4. The maximum atomic E-state index is 12.3. The van der Waals surface area contributed by atoms with Gasteiger partial charge >= 0.3 is 0 Å². The van der Waals surface area contributed by atoms with Crippen molar-refractivity contribution in [3.05, 3.63) is 52.5 Å². The van der Waals surface area contributed by atoms with Crippen LogP contribution in [0.4, 0.5) is 5.69 Å². The summed E-state index contributed by atoms with van der Waals surface area (Å²) in [6.45, 7) is 4.33. The summed E-state index contributed by atoms with van der Waals surface area (Å²) < 4.78 is 5.21. The Balaban J connectivity index is 1.74. The van der Waals surface area contributed by atoms with E-state index < -0.39 is 0 Å². The average molecular weight is 340 g/mol. The van der Waals surface area contributed by atoms with Gasteiger partial charge < -0.3 is 10.1 Å². The van der Waals surface area contributed by atoms with Gasteiger partial charge in [-0.05, 0) is 32.0 Å². The van der Waals surface area contributed by atoms with Crippen molar-refractivity contribution in [1.29, 1.82) is 0 Å². The van der Waals surface area contributed by atoms with Gasteiger partial charge in [-0.3, -0.25) is 4.79 Å². The zero-order valence-corrected chi connectivity index (χ0v) is 14.1. The van der Waals surface area contributed by atoms with Crippen LogP contribution >= 0.6 is 11.3 Å². The van der Waals surface area contributed by atoms with Crippen LogP contribution in [-0.2, 0) is 0 Å². The Labute approximate surface area is 143 Å². The molecule has 0 saturated heterocycles. The van der Waals surface area contributed by atoms with E-state index in [-0.39, 0.29) is 11.6 Å². The van der Waals surface area contributed by atoms with Crippen LogP contribution in [0.5, 0.6) is 5.88 Å². The summed E-state index contributed by atoms with van der Waals surface area (Å²) >= 11 is 1.59. The summed E-state index contributed by atoms with van der Waals surface area (Å²) in [6.07, 6.45) is 0. The third kappa shape index (κ3) is 3.75. The van der Waals surface area contributed by atoms with Crippen LogP contribution in [0.15, 0.2) is 41.8 Å². The molecule has 6 nitrogen and oxygen atoms in total. The number of benzene rings is 1. The first-order chi connectivity index (χ1) is 11.7. The maximum Gasteiger partial charge on any atom is 0.276 e. The van der Waals surface area contributed by atoms with Crippen molar-refractivity contribution in [1.82, 2.24) is 15.2 Å². The first kappa shape index (κ1) is 16.1. The van der Waals surface area contributed by atoms with Crippen LogP contribution in [0, 0.1) is 6.92 Å². The standard InChI is InChI=1S/C17H16N4O2S/c1-3-23-16-8-7-14(20-21-16)17(22)19-13-6-4-5-12(9-13)15-10-24-11(2)18-15/h4-10H,3H2,1-2H3,(H,19,22).